The van der Waals surface area contributed by atoms with Crippen molar-refractivity contribution >= 4 is 37.6 Å². The Kier molecular flexibility index (Phi) is 2.59. The zero-order valence-electron chi connectivity index (χ0n) is 5.22. The molecular formula is C6H3Br2F2N. The first-order chi connectivity index (χ1) is 5.04. The number of halogens is 4. The van der Waals surface area contributed by atoms with Crippen molar-refractivity contribution in [1.82, 2.24) is 0 Å². The molecule has 0 amide bonds. The van der Waals surface area contributed by atoms with E-state index in [9.17, 15) is 8.78 Å². The van der Waals surface area contributed by atoms with Gasteiger partial charge in [-0.25, -0.2) is 8.78 Å². The van der Waals surface area contributed by atoms with E-state index in [1.165, 1.54) is 0 Å². The molecule has 0 radical (unpaired) electrons. The molecule has 1 N–H and O–H groups in total. The van der Waals surface area contributed by atoms with Gasteiger partial charge in [0.1, 0.15) is 0 Å². The fourth-order valence-corrected chi connectivity index (χ4v) is 1.43. The van der Waals surface area contributed by atoms with Crippen molar-refractivity contribution in [3.8, 4) is 0 Å². The summed E-state index contributed by atoms with van der Waals surface area (Å²) in [5.74, 6) is -1.93. The normalized spacial score (nSPS) is 19.8. The van der Waals surface area contributed by atoms with Gasteiger partial charge in [-0.1, -0.05) is 15.9 Å². The van der Waals surface area contributed by atoms with Crippen LogP contribution in [-0.2, 0) is 0 Å². The Bertz CT molecular complexity index is 280. The Hall–Kier alpha value is -0.0300. The predicted molar refractivity (Wildman–Crippen MR) is 46.5 cm³/mol. The third-order valence-electron chi connectivity index (χ3n) is 1.22. The molecule has 11 heavy (non-hydrogen) atoms. The first kappa shape index (κ1) is 9.06. The van der Waals surface area contributed by atoms with Crippen molar-refractivity contribution in [2.75, 3.05) is 0 Å². The first-order valence-corrected chi connectivity index (χ1v) is 4.30. The summed E-state index contributed by atoms with van der Waals surface area (Å²) in [5, 5.41) is 7.17. The van der Waals surface area contributed by atoms with Gasteiger partial charge in [0.05, 0.1) is 10.2 Å². The standard InChI is InChI=1S/C6H3Br2F2N/c7-2-1-3(11)4(8)6(10)5(2)9/h11H,1H2. The van der Waals surface area contributed by atoms with Gasteiger partial charge in [0.15, 0.2) is 11.7 Å². The summed E-state index contributed by atoms with van der Waals surface area (Å²) >= 11 is 5.60. The second-order valence-electron chi connectivity index (χ2n) is 2.00. The fourth-order valence-electron chi connectivity index (χ4n) is 0.658. The highest BCUT2D eigenvalue weighted by Crippen LogP contribution is 2.35. The third-order valence-corrected chi connectivity index (χ3v) is 2.68. The van der Waals surface area contributed by atoms with E-state index < -0.39 is 11.7 Å². The van der Waals surface area contributed by atoms with E-state index in [1.807, 2.05) is 0 Å². The number of rotatable bonds is 0. The average Bonchev–Trinajstić information content (AvgIpc) is 1.97. The van der Waals surface area contributed by atoms with Gasteiger partial charge in [0.25, 0.3) is 0 Å². The van der Waals surface area contributed by atoms with Crippen molar-refractivity contribution in [2.45, 2.75) is 6.42 Å². The van der Waals surface area contributed by atoms with Crippen LogP contribution >= 0.6 is 31.9 Å². The van der Waals surface area contributed by atoms with E-state index in [0.717, 1.165) is 0 Å². The van der Waals surface area contributed by atoms with Crippen LogP contribution in [0.5, 0.6) is 0 Å². The van der Waals surface area contributed by atoms with Gasteiger partial charge in [0.2, 0.25) is 0 Å². The second-order valence-corrected chi connectivity index (χ2v) is 3.75. The van der Waals surface area contributed by atoms with Gasteiger partial charge in [-0.05, 0) is 15.9 Å². The molecule has 0 aromatic carbocycles. The lowest BCUT2D eigenvalue weighted by atomic mass is 10.1. The molecule has 0 atom stereocenters. The lowest BCUT2D eigenvalue weighted by Gasteiger charge is -2.10. The van der Waals surface area contributed by atoms with Crippen LogP contribution in [0.3, 0.4) is 0 Å². The molecule has 1 nitrogen and oxygen atoms in total. The van der Waals surface area contributed by atoms with Gasteiger partial charge >= 0.3 is 0 Å². The molecule has 0 aromatic heterocycles. The Morgan fingerprint density at radius 2 is 1.73 bits per heavy atom. The van der Waals surface area contributed by atoms with E-state index in [4.69, 9.17) is 5.41 Å². The molecule has 60 valence electrons. The SMILES string of the molecule is N=C1CC(Br)=C(F)C(F)=C1Br. The highest BCUT2D eigenvalue weighted by Gasteiger charge is 2.23. The van der Waals surface area contributed by atoms with Crippen LogP contribution in [0.1, 0.15) is 6.42 Å². The van der Waals surface area contributed by atoms with E-state index in [0.29, 0.717) is 0 Å². The summed E-state index contributed by atoms with van der Waals surface area (Å²) in [4.78, 5) is 0. The van der Waals surface area contributed by atoms with Crippen LogP contribution in [0, 0.1) is 5.41 Å². The molecular weight excluding hydrogens is 284 g/mol. The zero-order valence-corrected chi connectivity index (χ0v) is 8.39. The summed E-state index contributed by atoms with van der Waals surface area (Å²) in [7, 11) is 0. The molecule has 0 aromatic rings. The predicted octanol–water partition coefficient (Wildman–Crippen LogP) is 3.56. The molecule has 0 unspecified atom stereocenters. The Balaban J connectivity index is 3.18. The monoisotopic (exact) mass is 285 g/mol. The topological polar surface area (TPSA) is 23.9 Å². The molecule has 1 aliphatic rings. The van der Waals surface area contributed by atoms with E-state index in [1.54, 1.807) is 0 Å². The third kappa shape index (κ3) is 1.59. The molecule has 0 saturated heterocycles. The van der Waals surface area contributed by atoms with Gasteiger partial charge in [-0.15, -0.1) is 0 Å². The zero-order chi connectivity index (χ0) is 8.59. The van der Waals surface area contributed by atoms with Crippen LogP contribution in [0.25, 0.3) is 0 Å². The Morgan fingerprint density at radius 3 is 2.27 bits per heavy atom. The van der Waals surface area contributed by atoms with Crippen LogP contribution in [0.2, 0.25) is 0 Å². The van der Waals surface area contributed by atoms with Crippen LogP contribution in [0.15, 0.2) is 20.6 Å². The summed E-state index contributed by atoms with van der Waals surface area (Å²) in [6.45, 7) is 0. The van der Waals surface area contributed by atoms with Crippen LogP contribution in [-0.4, -0.2) is 5.71 Å². The minimum Gasteiger partial charge on any atom is -0.304 e. The molecule has 0 bridgehead atoms. The van der Waals surface area contributed by atoms with Gasteiger partial charge < -0.3 is 5.41 Å². The molecule has 5 heteroatoms. The molecule has 1 aliphatic carbocycles. The molecule has 0 saturated carbocycles. The highest BCUT2D eigenvalue weighted by molar-refractivity contribution is 9.12. The van der Waals surface area contributed by atoms with Crippen molar-refractivity contribution < 1.29 is 8.78 Å². The minimum absolute atomic E-state index is 0.0378. The summed E-state index contributed by atoms with van der Waals surface area (Å²) in [6.07, 6.45) is 0.0971. The maximum atomic E-state index is 12.7. The first-order valence-electron chi connectivity index (χ1n) is 2.71. The van der Waals surface area contributed by atoms with Crippen molar-refractivity contribution in [3.63, 3.8) is 0 Å². The van der Waals surface area contributed by atoms with Crippen LogP contribution in [0.4, 0.5) is 8.78 Å². The smallest absolute Gasteiger partial charge is 0.175 e. The van der Waals surface area contributed by atoms with Gasteiger partial charge in [0, 0.05) is 10.9 Å². The average molecular weight is 287 g/mol. The second kappa shape index (κ2) is 3.15. The molecule has 0 spiro atoms. The number of hydrogen-bond donors (Lipinski definition) is 1. The molecule has 1 rings (SSSR count). The van der Waals surface area contributed by atoms with E-state index in [2.05, 4.69) is 31.9 Å². The van der Waals surface area contributed by atoms with E-state index in [-0.39, 0.29) is 21.1 Å². The number of allylic oxidation sites excluding steroid dienone is 4. The van der Waals surface area contributed by atoms with Crippen LogP contribution < -0.4 is 0 Å². The van der Waals surface area contributed by atoms with Gasteiger partial charge in [-0.2, -0.15) is 0 Å². The minimum atomic E-state index is -1.01. The number of nitrogens with one attached hydrogen (secondary N) is 1. The van der Waals surface area contributed by atoms with Crippen molar-refractivity contribution in [1.29, 1.82) is 5.41 Å². The maximum absolute atomic E-state index is 12.7. The quantitative estimate of drug-likeness (QED) is 0.704. The molecule has 0 aliphatic heterocycles. The summed E-state index contributed by atoms with van der Waals surface area (Å²) in [6, 6.07) is 0. The summed E-state index contributed by atoms with van der Waals surface area (Å²) in [5.41, 5.74) is 0.0378. The fraction of sp³-hybridized carbons (Fsp3) is 0.167. The lowest BCUT2D eigenvalue weighted by Crippen LogP contribution is -2.05. The number of hydrogen-bond acceptors (Lipinski definition) is 1. The van der Waals surface area contributed by atoms with E-state index >= 15 is 0 Å². The Morgan fingerprint density at radius 1 is 1.18 bits per heavy atom. The Labute approximate surface area is 78.9 Å². The largest absolute Gasteiger partial charge is 0.304 e. The molecule has 0 fully saturated rings. The summed E-state index contributed by atoms with van der Waals surface area (Å²) < 4.78 is 25.4. The van der Waals surface area contributed by atoms with Crippen molar-refractivity contribution in [2.24, 2.45) is 0 Å². The highest BCUT2D eigenvalue weighted by atomic mass is 79.9. The van der Waals surface area contributed by atoms with Gasteiger partial charge in [-0.3, -0.25) is 0 Å². The molecule has 0 heterocycles. The lowest BCUT2D eigenvalue weighted by molar-refractivity contribution is 0.538. The van der Waals surface area contributed by atoms with Crippen molar-refractivity contribution in [3.05, 3.63) is 20.6 Å². The maximum Gasteiger partial charge on any atom is 0.175 e.